The molecule has 27 heteroatoms. The Morgan fingerprint density at radius 2 is 0.927 bits per heavy atom. The van der Waals surface area contributed by atoms with Crippen molar-refractivity contribution in [2.45, 2.75) is 151 Å². The maximum absolute atomic E-state index is 12.2. The minimum atomic E-state index is -1.23. The Bertz CT molecular complexity index is 3270. The summed E-state index contributed by atoms with van der Waals surface area (Å²) in [5.41, 5.74) is 8.00. The van der Waals surface area contributed by atoms with Crippen LogP contribution in [0.15, 0.2) is 120 Å². The SMILES string of the molecule is CC(C)(C)OC(=O)Nc1cccn([C@@H]2CC[C@@H]2O)c1=O.COC(=O)c1cccn([C@@H]2CC[C@@H]2O)c1=O.COC(=O)c1cccoc1=O.Cl.N[C@@H]1CC[C@@H]1O.Nc1cccn([C@@H]2CC[C@@H]2O)c1=O.O=C(O)c1cccn([C@@H]2CC[C@@H]2O)c1=O. The number of methoxy groups -OCH3 is 2. The third-order valence-electron chi connectivity index (χ3n) is 13.9. The summed E-state index contributed by atoms with van der Waals surface area (Å²) in [5.74, 6) is -2.56. The van der Waals surface area contributed by atoms with E-state index in [1.807, 2.05) is 0 Å². The van der Waals surface area contributed by atoms with E-state index in [0.717, 1.165) is 38.5 Å². The Kier molecular flexibility index (Phi) is 24.7. The Hall–Kier alpha value is -7.72. The number of esters is 2. The van der Waals surface area contributed by atoms with Crippen LogP contribution in [0.25, 0.3) is 0 Å². The lowest BCUT2D eigenvalue weighted by atomic mass is 9.89. The van der Waals surface area contributed by atoms with Gasteiger partial charge in [-0.25, -0.2) is 24.0 Å². The van der Waals surface area contributed by atoms with Crippen LogP contribution in [0.1, 0.15) is 140 Å². The molecule has 5 aromatic rings. The van der Waals surface area contributed by atoms with Crippen molar-refractivity contribution in [3.63, 3.8) is 0 Å². The number of hydrogen-bond acceptors (Lipinski definition) is 20. The molecule has 0 saturated heterocycles. The van der Waals surface area contributed by atoms with Gasteiger partial charge in [0.2, 0.25) is 0 Å². The molecule has 0 aliphatic heterocycles. The van der Waals surface area contributed by atoms with Gasteiger partial charge in [-0.1, -0.05) is 0 Å². The van der Waals surface area contributed by atoms with Gasteiger partial charge in [0.15, 0.2) is 0 Å². The van der Waals surface area contributed by atoms with Gasteiger partial charge in [-0.15, -0.1) is 12.4 Å². The molecule has 0 radical (unpaired) electrons. The number of anilines is 2. The molecule has 448 valence electrons. The summed E-state index contributed by atoms with van der Waals surface area (Å²) in [4.78, 5) is 102. The predicted molar refractivity (Wildman–Crippen MR) is 299 cm³/mol. The van der Waals surface area contributed by atoms with Crippen molar-refractivity contribution < 1.29 is 68.4 Å². The van der Waals surface area contributed by atoms with Crippen LogP contribution in [-0.4, -0.2) is 129 Å². The number of carbonyl (C=O) groups is 4. The lowest BCUT2D eigenvalue weighted by Crippen LogP contribution is -2.43. The number of ether oxygens (including phenoxy) is 3. The molecule has 5 fully saturated rings. The Morgan fingerprint density at radius 1 is 0.549 bits per heavy atom. The normalized spacial score (nSPS) is 23.3. The Balaban J connectivity index is 0.000000216. The van der Waals surface area contributed by atoms with Crippen LogP contribution in [0.5, 0.6) is 0 Å². The topological polar surface area (TPSA) is 400 Å². The molecule has 1 amide bonds. The summed E-state index contributed by atoms with van der Waals surface area (Å²) in [6, 6.07) is 14.4. The van der Waals surface area contributed by atoms with E-state index in [4.69, 9.17) is 26.4 Å². The number of nitrogens with zero attached hydrogens (tertiary/aromatic N) is 4. The summed E-state index contributed by atoms with van der Waals surface area (Å²) in [6.45, 7) is 5.25. The standard InChI is InChI=1S/C14H20N2O4.C11H13NO4.C10H11NO4.C9H12N2O2.C7H6O4.C4H9NO.ClH/c1-14(2,3)20-13(19)15-9-5-4-8-16(12(9)18)10-6-7-11(10)17;1-16-11(15)7-3-2-6-12(10(7)14)8-4-5-9(8)13;12-8-4-3-7(8)11-5-1-2-6(9(11)13)10(14)15;10-6-2-1-5-11(9(6)13)7-3-4-8(7)12;1-10-6(8)5-3-2-4-11-7(5)9;5-3-1-2-4(3)6;/h4-5,8,10-11,17H,6-7H2,1-3H3,(H,15,19);2-3,6,8-9,13H,4-5H2,1H3;1-2,5,7-8,12H,3-4H2,(H,14,15);1-2,5,7-8,12H,3-4,10H2;2-4H,1H3;3-4,6H,1-2,5H2;1H/t10-,11+;8-,9+;2*7-,8+;;3-,4+;/m1111.1./s1. The van der Waals surface area contributed by atoms with Crippen LogP contribution in [0, 0.1) is 0 Å². The van der Waals surface area contributed by atoms with Crippen LogP contribution in [0.2, 0.25) is 0 Å². The number of carbonyl (C=O) groups excluding carboxylic acids is 3. The van der Waals surface area contributed by atoms with Gasteiger partial charge in [0, 0.05) is 30.8 Å². The van der Waals surface area contributed by atoms with Crippen molar-refractivity contribution in [1.29, 1.82) is 0 Å². The second-order valence-electron chi connectivity index (χ2n) is 20.5. The first-order chi connectivity index (χ1) is 38.3. The third kappa shape index (κ3) is 17.4. The zero-order chi connectivity index (χ0) is 59.9. The van der Waals surface area contributed by atoms with Gasteiger partial charge in [-0.3, -0.25) is 24.5 Å². The molecule has 10 atom stereocenters. The molecule has 0 aromatic carbocycles. The highest BCUT2D eigenvalue weighted by molar-refractivity contribution is 5.89. The molecule has 5 aromatic heterocycles. The van der Waals surface area contributed by atoms with Crippen molar-refractivity contribution in [3.8, 4) is 0 Å². The zero-order valence-electron chi connectivity index (χ0n) is 45.8. The highest BCUT2D eigenvalue weighted by Crippen LogP contribution is 2.33. The molecule has 26 nitrogen and oxygen atoms in total. The van der Waals surface area contributed by atoms with E-state index in [9.17, 15) is 63.6 Å². The van der Waals surface area contributed by atoms with Crippen LogP contribution >= 0.6 is 12.4 Å². The van der Waals surface area contributed by atoms with Crippen LogP contribution < -0.4 is 44.6 Å². The molecule has 5 aliphatic carbocycles. The fourth-order valence-corrected chi connectivity index (χ4v) is 8.33. The van der Waals surface area contributed by atoms with Gasteiger partial charge in [0.25, 0.3) is 22.2 Å². The first-order valence-electron chi connectivity index (χ1n) is 26.0. The lowest BCUT2D eigenvalue weighted by Gasteiger charge is -2.34. The lowest BCUT2D eigenvalue weighted by molar-refractivity contribution is 0.0292. The molecular formula is C55H72ClN7O19. The van der Waals surface area contributed by atoms with Crippen molar-refractivity contribution in [2.75, 3.05) is 25.3 Å². The van der Waals surface area contributed by atoms with E-state index in [1.165, 1.54) is 81.3 Å². The van der Waals surface area contributed by atoms with Crippen molar-refractivity contribution in [2.24, 2.45) is 5.73 Å². The van der Waals surface area contributed by atoms with Gasteiger partial charge in [0.05, 0.1) is 80.9 Å². The number of carboxylic acid groups (broad SMARTS) is 1. The quantitative estimate of drug-likeness (QED) is 0.0796. The molecule has 11 N–H and O–H groups in total. The number of aliphatic hydroxyl groups is 5. The average Bonchev–Trinajstić information content (AvgIpc) is 3.62. The minimum Gasteiger partial charge on any atom is -0.477 e. The van der Waals surface area contributed by atoms with E-state index < -0.39 is 64.7 Å². The first kappa shape index (κ1) is 66.8. The number of pyridine rings is 4. The first-order valence-corrected chi connectivity index (χ1v) is 26.0. The number of aromatic carboxylic acids is 1. The molecule has 5 saturated carbocycles. The summed E-state index contributed by atoms with van der Waals surface area (Å²) >= 11 is 0. The highest BCUT2D eigenvalue weighted by atomic mass is 35.5. The second-order valence-corrected chi connectivity index (χ2v) is 20.5. The van der Waals surface area contributed by atoms with E-state index >= 15 is 0 Å². The number of halogens is 1. The summed E-state index contributed by atoms with van der Waals surface area (Å²) < 4.78 is 24.1. The third-order valence-corrected chi connectivity index (χ3v) is 13.9. The number of rotatable bonds is 8. The number of carboxylic acids is 1. The van der Waals surface area contributed by atoms with Crippen molar-refractivity contribution >= 4 is 47.8 Å². The number of nitrogens with two attached hydrogens (primary N) is 2. The van der Waals surface area contributed by atoms with Gasteiger partial charge < -0.3 is 79.0 Å². The maximum atomic E-state index is 12.2. The summed E-state index contributed by atoms with van der Waals surface area (Å²) in [5, 5.41) is 57.7. The predicted octanol–water partition coefficient (Wildman–Crippen LogP) is 2.91. The van der Waals surface area contributed by atoms with Crippen LogP contribution in [-0.2, 0) is 14.2 Å². The van der Waals surface area contributed by atoms with Gasteiger partial charge in [-0.2, -0.15) is 0 Å². The monoisotopic (exact) mass is 1170 g/mol. The fraction of sp³-hybridized carbons (Fsp3) is 0.473. The van der Waals surface area contributed by atoms with E-state index in [1.54, 1.807) is 63.6 Å². The summed E-state index contributed by atoms with van der Waals surface area (Å²) in [6.07, 6.45) is 12.6. The molecule has 82 heavy (non-hydrogen) atoms. The van der Waals surface area contributed by atoms with Gasteiger partial charge in [0.1, 0.15) is 28.0 Å². The molecule has 5 heterocycles. The van der Waals surface area contributed by atoms with E-state index in [2.05, 4.69) is 19.2 Å². The molecule has 10 rings (SSSR count). The molecular weight excluding hydrogens is 1100 g/mol. The van der Waals surface area contributed by atoms with Gasteiger partial charge >= 0.3 is 29.6 Å². The minimum absolute atomic E-state index is 0. The zero-order valence-corrected chi connectivity index (χ0v) is 46.7. The molecule has 0 bridgehead atoms. The molecule has 0 spiro atoms. The number of amides is 1. The average molecular weight is 1170 g/mol. The van der Waals surface area contributed by atoms with Crippen LogP contribution in [0.4, 0.5) is 16.2 Å². The van der Waals surface area contributed by atoms with Crippen molar-refractivity contribution in [3.05, 3.63) is 160 Å². The fourth-order valence-electron chi connectivity index (χ4n) is 8.33. The highest BCUT2D eigenvalue weighted by Gasteiger charge is 2.34. The number of nitrogens with one attached hydrogen (secondary N) is 1. The van der Waals surface area contributed by atoms with Crippen molar-refractivity contribution in [1.82, 2.24) is 18.3 Å². The van der Waals surface area contributed by atoms with Gasteiger partial charge in [-0.05, 0) is 146 Å². The molecule has 5 aliphatic rings. The maximum Gasteiger partial charge on any atom is 0.412 e. The Morgan fingerprint density at radius 3 is 1.29 bits per heavy atom. The Labute approximate surface area is 475 Å². The van der Waals surface area contributed by atoms with Crippen LogP contribution in [0.3, 0.4) is 0 Å². The number of hydrogen-bond donors (Lipinski definition) is 9. The second kappa shape index (κ2) is 30.4. The summed E-state index contributed by atoms with van der Waals surface area (Å²) in [7, 11) is 2.44. The number of nitrogen functional groups attached to an aromatic ring is 1. The van der Waals surface area contributed by atoms with E-state index in [-0.39, 0.29) is 94.0 Å². The van der Waals surface area contributed by atoms with E-state index in [0.29, 0.717) is 25.7 Å². The number of aromatic nitrogens is 4. The molecule has 0 unspecified atom stereocenters. The largest absolute Gasteiger partial charge is 0.477 e. The smallest absolute Gasteiger partial charge is 0.412 e. The number of aliphatic hydroxyl groups excluding tert-OH is 5.